The van der Waals surface area contributed by atoms with Crippen molar-refractivity contribution >= 4 is 11.8 Å². The van der Waals surface area contributed by atoms with Crippen LogP contribution >= 0.6 is 0 Å². The summed E-state index contributed by atoms with van der Waals surface area (Å²) in [5.74, 6) is 0.272. The zero-order valence-corrected chi connectivity index (χ0v) is 16.9. The molecule has 0 bridgehead atoms. The predicted octanol–water partition coefficient (Wildman–Crippen LogP) is 0.0748. The number of hydrogen-bond donors (Lipinski definition) is 3. The molecule has 3 aliphatic heterocycles. The molecule has 3 aliphatic rings. The zero-order valence-electron chi connectivity index (χ0n) is 16.9. The van der Waals surface area contributed by atoms with Gasteiger partial charge >= 0.3 is 11.7 Å². The van der Waals surface area contributed by atoms with Gasteiger partial charge in [0.15, 0.2) is 0 Å². The molecule has 0 radical (unpaired) electrons. The van der Waals surface area contributed by atoms with Crippen LogP contribution in [0.2, 0.25) is 0 Å². The van der Waals surface area contributed by atoms with Crippen LogP contribution < -0.4 is 21.6 Å². The smallest absolute Gasteiger partial charge is 0.322 e. The summed E-state index contributed by atoms with van der Waals surface area (Å²) in [6, 6.07) is 9.44. The number of carbonyl (C=O) groups is 1. The molecule has 0 saturated carbocycles. The lowest BCUT2D eigenvalue weighted by molar-refractivity contribution is -0.0444. The first-order valence-corrected chi connectivity index (χ1v) is 10.5. The van der Waals surface area contributed by atoms with Crippen molar-refractivity contribution < 1.29 is 4.79 Å². The van der Waals surface area contributed by atoms with Crippen molar-refractivity contribution in [3.8, 4) is 5.69 Å². The molecule has 2 amide bonds. The number of aromatic nitrogens is 2. The molecule has 5 rings (SSSR count). The van der Waals surface area contributed by atoms with E-state index >= 15 is 0 Å². The minimum absolute atomic E-state index is 0.226. The molecule has 4 heterocycles. The minimum atomic E-state index is -0.414. The Morgan fingerprint density at radius 3 is 2.43 bits per heavy atom. The van der Waals surface area contributed by atoms with Gasteiger partial charge in [-0.3, -0.25) is 14.8 Å². The quantitative estimate of drug-likeness (QED) is 0.662. The number of rotatable bonds is 4. The summed E-state index contributed by atoms with van der Waals surface area (Å²) in [4.78, 5) is 33.0. The summed E-state index contributed by atoms with van der Waals surface area (Å²) < 4.78 is 1.49. The van der Waals surface area contributed by atoms with Crippen LogP contribution in [0, 0.1) is 5.41 Å². The van der Waals surface area contributed by atoms with Gasteiger partial charge in [0, 0.05) is 70.5 Å². The monoisotopic (exact) mass is 409 g/mol. The van der Waals surface area contributed by atoms with Crippen molar-refractivity contribution in [2.24, 2.45) is 5.41 Å². The van der Waals surface area contributed by atoms with Crippen molar-refractivity contribution in [3.63, 3.8) is 0 Å². The molecule has 3 fully saturated rings. The molecule has 3 N–H and O–H groups in total. The van der Waals surface area contributed by atoms with Crippen LogP contribution in [0.5, 0.6) is 0 Å². The van der Waals surface area contributed by atoms with Gasteiger partial charge in [-0.25, -0.2) is 9.59 Å². The van der Waals surface area contributed by atoms with Gasteiger partial charge in [0.2, 0.25) is 0 Å². The Kier molecular flexibility index (Phi) is 5.01. The molecular weight excluding hydrogens is 382 g/mol. The van der Waals surface area contributed by atoms with Crippen LogP contribution in [0.1, 0.15) is 5.56 Å². The topological polar surface area (TPSA) is 94.5 Å². The lowest BCUT2D eigenvalue weighted by atomic mass is 9.74. The fourth-order valence-corrected chi connectivity index (χ4v) is 4.46. The molecule has 9 nitrogen and oxygen atoms in total. The number of piperazine rings is 1. The summed E-state index contributed by atoms with van der Waals surface area (Å²) >= 11 is 0. The van der Waals surface area contributed by atoms with E-state index in [4.69, 9.17) is 0 Å². The van der Waals surface area contributed by atoms with Gasteiger partial charge in [-0.15, -0.1) is 0 Å². The molecular formula is C21H27N7O2. The van der Waals surface area contributed by atoms with E-state index in [9.17, 15) is 9.59 Å². The van der Waals surface area contributed by atoms with E-state index in [2.05, 4.69) is 38.0 Å². The molecule has 9 heteroatoms. The van der Waals surface area contributed by atoms with Gasteiger partial charge in [-0.2, -0.15) is 4.98 Å². The predicted molar refractivity (Wildman–Crippen MR) is 114 cm³/mol. The second-order valence-corrected chi connectivity index (χ2v) is 8.55. The van der Waals surface area contributed by atoms with E-state index in [1.54, 1.807) is 17.2 Å². The first kappa shape index (κ1) is 19.2. The highest BCUT2D eigenvalue weighted by atomic mass is 16.2. The molecule has 30 heavy (non-hydrogen) atoms. The zero-order chi connectivity index (χ0) is 20.6. The first-order chi connectivity index (χ1) is 14.6. The Balaban J connectivity index is 1.21. The summed E-state index contributed by atoms with van der Waals surface area (Å²) in [7, 11) is 0. The third-order valence-electron chi connectivity index (χ3n) is 6.18. The molecule has 0 unspecified atom stereocenters. The van der Waals surface area contributed by atoms with Crippen molar-refractivity contribution in [3.05, 3.63) is 52.6 Å². The van der Waals surface area contributed by atoms with Crippen LogP contribution in [0.4, 0.5) is 10.6 Å². The highest BCUT2D eigenvalue weighted by Crippen LogP contribution is 2.34. The summed E-state index contributed by atoms with van der Waals surface area (Å²) in [5, 5.41) is 9.27. The minimum Gasteiger partial charge on any atom is -0.322 e. The molecule has 1 spiro atoms. The summed E-state index contributed by atoms with van der Waals surface area (Å²) in [6.45, 7) is 8.37. The van der Waals surface area contributed by atoms with Crippen LogP contribution in [-0.2, 0) is 6.54 Å². The maximum absolute atomic E-state index is 12.5. The average Bonchev–Trinajstić information content (AvgIpc) is 2.70. The van der Waals surface area contributed by atoms with E-state index in [0.29, 0.717) is 18.5 Å². The molecule has 3 saturated heterocycles. The van der Waals surface area contributed by atoms with Crippen molar-refractivity contribution in [1.29, 1.82) is 0 Å². The number of urea groups is 1. The maximum atomic E-state index is 12.5. The Hall–Kier alpha value is -2.75. The second-order valence-electron chi connectivity index (χ2n) is 8.55. The van der Waals surface area contributed by atoms with E-state index in [0.717, 1.165) is 51.5 Å². The lowest BCUT2D eigenvalue weighted by Crippen LogP contribution is -2.70. The largest absolute Gasteiger partial charge is 0.354 e. The van der Waals surface area contributed by atoms with Crippen molar-refractivity contribution in [2.45, 2.75) is 6.54 Å². The number of amides is 2. The van der Waals surface area contributed by atoms with E-state index in [1.807, 2.05) is 12.1 Å². The first-order valence-electron chi connectivity index (χ1n) is 10.5. The van der Waals surface area contributed by atoms with E-state index in [-0.39, 0.29) is 11.8 Å². The Bertz CT molecular complexity index is 970. The van der Waals surface area contributed by atoms with Gasteiger partial charge in [0.25, 0.3) is 0 Å². The summed E-state index contributed by atoms with van der Waals surface area (Å²) in [6.07, 6.45) is 1.65. The van der Waals surface area contributed by atoms with Crippen LogP contribution in [0.15, 0.2) is 41.3 Å². The number of nitrogens with one attached hydrogen (secondary N) is 3. The Morgan fingerprint density at radius 2 is 1.80 bits per heavy atom. The van der Waals surface area contributed by atoms with Crippen LogP contribution in [-0.4, -0.2) is 77.7 Å². The lowest BCUT2D eigenvalue weighted by Gasteiger charge is -2.56. The van der Waals surface area contributed by atoms with Gasteiger partial charge in [0.05, 0.1) is 5.69 Å². The molecule has 0 aliphatic carbocycles. The number of carbonyl (C=O) groups excluding carboxylic acids is 1. The SMILES string of the molecule is O=C(Nc1ccn(-c2ccc(CN3CC4(CNC4)C3)cc2)c(=O)n1)N1CCNCC1. The van der Waals surface area contributed by atoms with Gasteiger partial charge in [0.1, 0.15) is 5.82 Å². The van der Waals surface area contributed by atoms with Crippen LogP contribution in [0.3, 0.4) is 0 Å². The summed E-state index contributed by atoms with van der Waals surface area (Å²) in [5.41, 5.74) is 2.12. The standard InChI is InChI=1S/C21H27N7O2/c29-19(27-9-6-22-7-10-27)24-18-5-8-28(20(30)25-18)17-3-1-16(2-4-17)11-26-14-21(15-26)12-23-13-21/h1-5,8,22-23H,6-7,9-15H2,(H,24,25,29,30). The average molecular weight is 409 g/mol. The third-order valence-corrected chi connectivity index (χ3v) is 6.18. The third kappa shape index (κ3) is 3.83. The van der Waals surface area contributed by atoms with Gasteiger partial charge in [-0.1, -0.05) is 12.1 Å². The van der Waals surface area contributed by atoms with Crippen molar-refractivity contribution in [2.75, 3.05) is 57.7 Å². The van der Waals surface area contributed by atoms with Gasteiger partial charge < -0.3 is 15.5 Å². The fraction of sp³-hybridized carbons (Fsp3) is 0.476. The van der Waals surface area contributed by atoms with E-state index < -0.39 is 5.69 Å². The molecule has 158 valence electrons. The van der Waals surface area contributed by atoms with Crippen molar-refractivity contribution in [1.82, 2.24) is 30.0 Å². The highest BCUT2D eigenvalue weighted by molar-refractivity contribution is 5.88. The number of anilines is 1. The van der Waals surface area contributed by atoms with Gasteiger partial charge in [-0.05, 0) is 23.8 Å². The Morgan fingerprint density at radius 1 is 1.07 bits per heavy atom. The normalized spacial score (nSPS) is 20.5. The highest BCUT2D eigenvalue weighted by Gasteiger charge is 2.47. The molecule has 1 aromatic carbocycles. The molecule has 2 aromatic rings. The molecule has 0 atom stereocenters. The number of hydrogen-bond acceptors (Lipinski definition) is 6. The van der Waals surface area contributed by atoms with E-state index in [1.165, 1.54) is 10.1 Å². The maximum Gasteiger partial charge on any atom is 0.354 e. The number of benzene rings is 1. The molecule has 1 aromatic heterocycles. The Labute approximate surface area is 175 Å². The number of nitrogens with zero attached hydrogens (tertiary/aromatic N) is 4. The fourth-order valence-electron chi connectivity index (χ4n) is 4.46. The number of likely N-dealkylation sites (tertiary alicyclic amines) is 1. The second kappa shape index (κ2) is 7.82. The van der Waals surface area contributed by atoms with Crippen LogP contribution in [0.25, 0.3) is 5.69 Å².